The minimum atomic E-state index is 0.466. The van der Waals surface area contributed by atoms with Crippen molar-refractivity contribution in [1.82, 2.24) is 9.55 Å². The number of nitrogens with zero attached hydrogens (tertiary/aromatic N) is 3. The van der Waals surface area contributed by atoms with Gasteiger partial charge in [-0.3, -0.25) is 0 Å². The van der Waals surface area contributed by atoms with Crippen LogP contribution in [0.1, 0.15) is 25.2 Å². The van der Waals surface area contributed by atoms with Crippen LogP contribution in [0.15, 0.2) is 5.16 Å². The van der Waals surface area contributed by atoms with Gasteiger partial charge in [-0.2, -0.15) is 5.26 Å². The third-order valence-electron chi connectivity index (χ3n) is 2.24. The highest BCUT2D eigenvalue weighted by atomic mass is 32.2. The van der Waals surface area contributed by atoms with Crippen molar-refractivity contribution in [3.05, 3.63) is 11.4 Å². The maximum absolute atomic E-state index is 8.57. The lowest BCUT2D eigenvalue weighted by atomic mass is 10.2. The third-order valence-corrected chi connectivity index (χ3v) is 3.08. The molecule has 0 fully saturated rings. The molecular weight excluding hydrogens is 206 g/mol. The van der Waals surface area contributed by atoms with Gasteiger partial charge in [0.05, 0.1) is 17.5 Å². The molecule has 4 heteroatoms. The van der Waals surface area contributed by atoms with Crippen molar-refractivity contribution in [3.63, 3.8) is 0 Å². The normalized spacial score (nSPS) is 10.7. The second-order valence-corrected chi connectivity index (χ2v) is 4.96. The Morgan fingerprint density at radius 3 is 2.67 bits per heavy atom. The molecule has 0 spiro atoms. The summed E-state index contributed by atoms with van der Waals surface area (Å²) in [6, 6.07) is 2.14. The molecule has 1 heterocycles. The van der Waals surface area contributed by atoms with Crippen LogP contribution in [0.3, 0.4) is 0 Å². The molecule has 1 aromatic heterocycles. The van der Waals surface area contributed by atoms with Gasteiger partial charge in [0.15, 0.2) is 5.16 Å². The summed E-state index contributed by atoms with van der Waals surface area (Å²) < 4.78 is 2.21. The molecule has 0 bridgehead atoms. The first-order valence-corrected chi connectivity index (χ1v) is 6.08. The highest BCUT2D eigenvalue weighted by Crippen LogP contribution is 2.21. The highest BCUT2D eigenvalue weighted by Gasteiger charge is 2.11. The first kappa shape index (κ1) is 12.1. The van der Waals surface area contributed by atoms with E-state index in [2.05, 4.69) is 36.4 Å². The molecule has 0 unspecified atom stereocenters. The van der Waals surface area contributed by atoms with Gasteiger partial charge in [-0.05, 0) is 19.8 Å². The Labute approximate surface area is 95.5 Å². The van der Waals surface area contributed by atoms with E-state index in [-0.39, 0.29) is 0 Å². The monoisotopic (exact) mass is 223 g/mol. The summed E-state index contributed by atoms with van der Waals surface area (Å²) in [5, 5.41) is 9.54. The maximum atomic E-state index is 8.57. The van der Waals surface area contributed by atoms with Gasteiger partial charge < -0.3 is 4.57 Å². The van der Waals surface area contributed by atoms with Gasteiger partial charge >= 0.3 is 0 Å². The molecule has 3 nitrogen and oxygen atoms in total. The zero-order chi connectivity index (χ0) is 11.4. The molecule has 82 valence electrons. The van der Waals surface area contributed by atoms with Gasteiger partial charge in [0, 0.05) is 12.2 Å². The summed E-state index contributed by atoms with van der Waals surface area (Å²) >= 11 is 1.51. The second-order valence-electron chi connectivity index (χ2n) is 4.02. The molecule has 0 amide bonds. The van der Waals surface area contributed by atoms with Crippen molar-refractivity contribution in [2.45, 2.75) is 39.4 Å². The molecule has 1 aromatic rings. The Morgan fingerprint density at radius 1 is 1.47 bits per heavy atom. The predicted octanol–water partition coefficient (Wildman–Crippen LogP) is 2.77. The van der Waals surface area contributed by atoms with Crippen LogP contribution < -0.4 is 0 Å². The Hall–Kier alpha value is -0.950. The molecular formula is C11H17N3S. The first-order chi connectivity index (χ1) is 7.06. The minimum Gasteiger partial charge on any atom is -0.323 e. The quantitative estimate of drug-likeness (QED) is 0.737. The fraction of sp³-hybridized carbons (Fsp3) is 0.636. The van der Waals surface area contributed by atoms with E-state index in [1.54, 1.807) is 0 Å². The van der Waals surface area contributed by atoms with Gasteiger partial charge in [-0.25, -0.2) is 4.98 Å². The molecule has 0 N–H and O–H groups in total. The van der Waals surface area contributed by atoms with Gasteiger partial charge in [-0.15, -0.1) is 0 Å². The Bertz CT molecular complexity index is 374. The Morgan fingerprint density at radius 2 is 2.13 bits per heavy atom. The van der Waals surface area contributed by atoms with E-state index in [0.29, 0.717) is 11.7 Å². The van der Waals surface area contributed by atoms with E-state index < -0.39 is 0 Å². The Balaban J connectivity index is 2.94. The highest BCUT2D eigenvalue weighted by molar-refractivity contribution is 7.99. The molecule has 15 heavy (non-hydrogen) atoms. The lowest BCUT2D eigenvalue weighted by Gasteiger charge is -2.11. The van der Waals surface area contributed by atoms with Crippen molar-refractivity contribution < 1.29 is 0 Å². The number of rotatable bonds is 4. The molecule has 0 aliphatic rings. The summed E-state index contributed by atoms with van der Waals surface area (Å²) in [4.78, 5) is 4.48. The van der Waals surface area contributed by atoms with E-state index in [0.717, 1.165) is 17.4 Å². The van der Waals surface area contributed by atoms with Crippen LogP contribution in [-0.4, -0.2) is 15.3 Å². The molecule has 0 aliphatic carbocycles. The molecule has 0 aromatic carbocycles. The first-order valence-electron chi connectivity index (χ1n) is 5.09. The van der Waals surface area contributed by atoms with Crippen molar-refractivity contribution in [2.24, 2.45) is 5.92 Å². The van der Waals surface area contributed by atoms with Crippen LogP contribution in [0.4, 0.5) is 0 Å². The van der Waals surface area contributed by atoms with Gasteiger partial charge in [0.1, 0.15) is 0 Å². The minimum absolute atomic E-state index is 0.466. The van der Waals surface area contributed by atoms with E-state index in [9.17, 15) is 0 Å². The standard InChI is InChI=1S/C11H17N3S/c1-8(2)7-14-10(4)9(3)13-11(14)15-6-5-12/h8H,6-7H2,1-4H3. The summed E-state index contributed by atoms with van der Waals surface area (Å²) in [5.41, 5.74) is 2.28. The smallest absolute Gasteiger partial charge is 0.169 e. The molecule has 0 radical (unpaired) electrons. The summed E-state index contributed by atoms with van der Waals surface area (Å²) in [6.07, 6.45) is 0. The van der Waals surface area contributed by atoms with Gasteiger partial charge in [-0.1, -0.05) is 25.6 Å². The van der Waals surface area contributed by atoms with Crippen molar-refractivity contribution in [1.29, 1.82) is 5.26 Å². The van der Waals surface area contributed by atoms with Crippen molar-refractivity contribution in [3.8, 4) is 6.07 Å². The number of nitriles is 1. The topological polar surface area (TPSA) is 41.6 Å². The molecule has 0 atom stereocenters. The van der Waals surface area contributed by atoms with Crippen LogP contribution in [-0.2, 0) is 6.54 Å². The Kier molecular flexibility index (Phi) is 4.22. The maximum Gasteiger partial charge on any atom is 0.169 e. The molecule has 0 saturated carbocycles. The second kappa shape index (κ2) is 5.22. The fourth-order valence-electron chi connectivity index (χ4n) is 1.41. The number of imidazole rings is 1. The van der Waals surface area contributed by atoms with Crippen LogP contribution in [0.5, 0.6) is 0 Å². The van der Waals surface area contributed by atoms with Crippen LogP contribution >= 0.6 is 11.8 Å². The van der Waals surface area contributed by atoms with E-state index in [1.807, 2.05) is 6.92 Å². The predicted molar refractivity (Wildman–Crippen MR) is 62.9 cm³/mol. The largest absolute Gasteiger partial charge is 0.323 e. The third kappa shape index (κ3) is 3.00. The molecule has 0 aliphatic heterocycles. The van der Waals surface area contributed by atoms with E-state index >= 15 is 0 Å². The SMILES string of the molecule is Cc1nc(SCC#N)n(CC(C)C)c1C. The summed E-state index contributed by atoms with van der Waals surface area (Å²) in [6.45, 7) is 9.45. The molecule has 1 rings (SSSR count). The van der Waals surface area contributed by atoms with Crippen molar-refractivity contribution in [2.75, 3.05) is 5.75 Å². The van der Waals surface area contributed by atoms with Crippen molar-refractivity contribution >= 4 is 11.8 Å². The summed E-state index contributed by atoms with van der Waals surface area (Å²) in [7, 11) is 0. The van der Waals surface area contributed by atoms with E-state index in [1.165, 1.54) is 17.5 Å². The number of aryl methyl sites for hydroxylation is 1. The van der Waals surface area contributed by atoms with Gasteiger partial charge in [0.25, 0.3) is 0 Å². The van der Waals surface area contributed by atoms with Crippen LogP contribution in [0, 0.1) is 31.1 Å². The number of thioether (sulfide) groups is 1. The zero-order valence-electron chi connectivity index (χ0n) is 9.74. The lowest BCUT2D eigenvalue weighted by Crippen LogP contribution is -2.07. The summed E-state index contributed by atoms with van der Waals surface area (Å²) in [5.74, 6) is 1.06. The lowest BCUT2D eigenvalue weighted by molar-refractivity contribution is 0.486. The number of hydrogen-bond acceptors (Lipinski definition) is 3. The number of hydrogen-bond donors (Lipinski definition) is 0. The van der Waals surface area contributed by atoms with Gasteiger partial charge in [0.2, 0.25) is 0 Å². The zero-order valence-corrected chi connectivity index (χ0v) is 10.6. The average molecular weight is 223 g/mol. The average Bonchev–Trinajstić information content (AvgIpc) is 2.42. The van der Waals surface area contributed by atoms with E-state index in [4.69, 9.17) is 5.26 Å². The molecule has 0 saturated heterocycles. The fourth-order valence-corrected chi connectivity index (χ4v) is 2.17. The number of aromatic nitrogens is 2. The van der Waals surface area contributed by atoms with Crippen LogP contribution in [0.2, 0.25) is 0 Å². The van der Waals surface area contributed by atoms with Crippen LogP contribution in [0.25, 0.3) is 0 Å².